The van der Waals surface area contributed by atoms with E-state index in [1.54, 1.807) is 43.5 Å². The first-order valence-corrected chi connectivity index (χ1v) is 9.69. The van der Waals surface area contributed by atoms with Crippen LogP contribution in [0.15, 0.2) is 48.5 Å². The van der Waals surface area contributed by atoms with Crippen LogP contribution in [0.2, 0.25) is 0 Å². The Labute approximate surface area is 171 Å². The predicted molar refractivity (Wildman–Crippen MR) is 115 cm³/mol. The van der Waals surface area contributed by atoms with Crippen molar-refractivity contribution < 1.29 is 19.1 Å². The standard InChI is InChI=1S/C22H29N3O4/c1-4-16(2)29-20-10-8-18(9-11-20)25-21(26)15-24-19-7-5-6-17(14-19)22(27)23-12-13-28-3/h5-11,14,16,24H,4,12-13,15H2,1-3H3,(H,23,27)(H,25,26). The first-order chi connectivity index (χ1) is 14.0. The van der Waals surface area contributed by atoms with Gasteiger partial charge in [-0.3, -0.25) is 9.59 Å². The van der Waals surface area contributed by atoms with E-state index < -0.39 is 0 Å². The summed E-state index contributed by atoms with van der Waals surface area (Å²) >= 11 is 0. The molecule has 2 rings (SSSR count). The van der Waals surface area contributed by atoms with E-state index in [4.69, 9.17) is 9.47 Å². The van der Waals surface area contributed by atoms with E-state index in [1.807, 2.05) is 19.1 Å². The molecule has 0 fully saturated rings. The van der Waals surface area contributed by atoms with Gasteiger partial charge in [-0.2, -0.15) is 0 Å². The van der Waals surface area contributed by atoms with E-state index in [1.165, 1.54) is 0 Å². The summed E-state index contributed by atoms with van der Waals surface area (Å²) in [5, 5.41) is 8.62. The molecule has 1 atom stereocenters. The third-order valence-corrected chi connectivity index (χ3v) is 4.22. The third-order valence-electron chi connectivity index (χ3n) is 4.22. The van der Waals surface area contributed by atoms with E-state index in [9.17, 15) is 9.59 Å². The lowest BCUT2D eigenvalue weighted by Crippen LogP contribution is -2.27. The molecule has 2 amide bonds. The molecule has 3 N–H and O–H groups in total. The van der Waals surface area contributed by atoms with Gasteiger partial charge in [0.25, 0.3) is 5.91 Å². The smallest absolute Gasteiger partial charge is 0.251 e. The highest BCUT2D eigenvalue weighted by Gasteiger charge is 2.07. The molecule has 0 bridgehead atoms. The number of hydrogen-bond acceptors (Lipinski definition) is 5. The second-order valence-corrected chi connectivity index (χ2v) is 6.59. The predicted octanol–water partition coefficient (Wildman–Crippen LogP) is 3.29. The van der Waals surface area contributed by atoms with Crippen LogP contribution in [0, 0.1) is 0 Å². The van der Waals surface area contributed by atoms with Crippen LogP contribution in [0.5, 0.6) is 5.75 Å². The molecular weight excluding hydrogens is 370 g/mol. The second kappa shape index (κ2) is 11.7. The number of methoxy groups -OCH3 is 1. The van der Waals surface area contributed by atoms with Crippen molar-refractivity contribution in [3.8, 4) is 5.75 Å². The fourth-order valence-electron chi connectivity index (χ4n) is 2.46. The van der Waals surface area contributed by atoms with Crippen LogP contribution in [0.1, 0.15) is 30.6 Å². The maximum atomic E-state index is 12.2. The molecule has 2 aromatic carbocycles. The Morgan fingerprint density at radius 1 is 1.07 bits per heavy atom. The number of nitrogens with one attached hydrogen (secondary N) is 3. The van der Waals surface area contributed by atoms with Crippen molar-refractivity contribution in [1.82, 2.24) is 5.32 Å². The number of ether oxygens (including phenoxy) is 2. The molecular formula is C22H29N3O4. The van der Waals surface area contributed by atoms with Gasteiger partial charge in [-0.1, -0.05) is 13.0 Å². The van der Waals surface area contributed by atoms with Crippen molar-refractivity contribution in [2.75, 3.05) is 37.4 Å². The molecule has 0 spiro atoms. The highest BCUT2D eigenvalue weighted by molar-refractivity contribution is 5.96. The number of anilines is 2. The zero-order valence-electron chi connectivity index (χ0n) is 17.2. The molecule has 0 aromatic heterocycles. The van der Waals surface area contributed by atoms with Crippen LogP contribution in [-0.4, -0.2) is 44.7 Å². The van der Waals surface area contributed by atoms with Gasteiger partial charge >= 0.3 is 0 Å². The van der Waals surface area contributed by atoms with Crippen molar-refractivity contribution in [2.24, 2.45) is 0 Å². The van der Waals surface area contributed by atoms with Crippen LogP contribution in [0.4, 0.5) is 11.4 Å². The molecule has 7 nitrogen and oxygen atoms in total. The average Bonchev–Trinajstić information content (AvgIpc) is 2.74. The highest BCUT2D eigenvalue weighted by Crippen LogP contribution is 2.17. The third kappa shape index (κ3) is 7.83. The molecule has 0 aliphatic heterocycles. The number of rotatable bonds is 11. The lowest BCUT2D eigenvalue weighted by molar-refractivity contribution is -0.114. The molecule has 0 heterocycles. The van der Waals surface area contributed by atoms with E-state index in [0.717, 1.165) is 12.2 Å². The minimum atomic E-state index is -0.185. The Bertz CT molecular complexity index is 793. The van der Waals surface area contributed by atoms with Crippen LogP contribution in [0.25, 0.3) is 0 Å². The summed E-state index contributed by atoms with van der Waals surface area (Å²) in [4.78, 5) is 24.3. The van der Waals surface area contributed by atoms with E-state index in [-0.39, 0.29) is 24.5 Å². The van der Waals surface area contributed by atoms with Crippen LogP contribution < -0.4 is 20.7 Å². The van der Waals surface area contributed by atoms with E-state index >= 15 is 0 Å². The normalized spacial score (nSPS) is 11.4. The summed E-state index contributed by atoms with van der Waals surface area (Å²) in [6, 6.07) is 14.3. The monoisotopic (exact) mass is 399 g/mol. The Morgan fingerprint density at radius 2 is 1.83 bits per heavy atom. The Hall–Kier alpha value is -3.06. The summed E-state index contributed by atoms with van der Waals surface area (Å²) in [5.74, 6) is 0.404. The Balaban J connectivity index is 1.83. The van der Waals surface area contributed by atoms with Crippen molar-refractivity contribution in [3.63, 3.8) is 0 Å². The summed E-state index contributed by atoms with van der Waals surface area (Å²) < 4.78 is 10.6. The summed E-state index contributed by atoms with van der Waals surface area (Å²) in [7, 11) is 1.58. The van der Waals surface area contributed by atoms with Gasteiger partial charge in [0.1, 0.15) is 5.75 Å². The Kier molecular flexibility index (Phi) is 8.98. The van der Waals surface area contributed by atoms with Gasteiger partial charge in [-0.05, 0) is 55.8 Å². The SMILES string of the molecule is CCC(C)Oc1ccc(NC(=O)CNc2cccc(C(=O)NCCOC)c2)cc1. The van der Waals surface area contributed by atoms with Crippen molar-refractivity contribution in [1.29, 1.82) is 0 Å². The molecule has 1 unspecified atom stereocenters. The summed E-state index contributed by atoms with van der Waals surface area (Å²) in [6.07, 6.45) is 1.08. The zero-order chi connectivity index (χ0) is 21.1. The lowest BCUT2D eigenvalue weighted by Gasteiger charge is -2.13. The fourth-order valence-corrected chi connectivity index (χ4v) is 2.46. The largest absolute Gasteiger partial charge is 0.491 e. The first kappa shape index (κ1) is 22.2. The van der Waals surface area contributed by atoms with Gasteiger partial charge in [-0.15, -0.1) is 0 Å². The van der Waals surface area contributed by atoms with Crippen molar-refractivity contribution in [2.45, 2.75) is 26.4 Å². The second-order valence-electron chi connectivity index (χ2n) is 6.59. The number of carbonyl (C=O) groups is 2. The van der Waals surface area contributed by atoms with E-state index in [2.05, 4.69) is 22.9 Å². The van der Waals surface area contributed by atoms with Gasteiger partial charge in [0.15, 0.2) is 0 Å². The quantitative estimate of drug-likeness (QED) is 0.505. The summed E-state index contributed by atoms with van der Waals surface area (Å²) in [6.45, 7) is 5.06. The molecule has 0 radical (unpaired) electrons. The lowest BCUT2D eigenvalue weighted by atomic mass is 10.2. The number of hydrogen-bond donors (Lipinski definition) is 3. The van der Waals surface area contributed by atoms with Gasteiger partial charge in [0, 0.05) is 30.6 Å². The van der Waals surface area contributed by atoms with Gasteiger partial charge < -0.3 is 25.4 Å². The number of carbonyl (C=O) groups excluding carboxylic acids is 2. The number of amides is 2. The molecule has 7 heteroatoms. The highest BCUT2D eigenvalue weighted by atomic mass is 16.5. The maximum Gasteiger partial charge on any atom is 0.251 e. The van der Waals surface area contributed by atoms with Crippen LogP contribution in [0.3, 0.4) is 0 Å². The van der Waals surface area contributed by atoms with Crippen molar-refractivity contribution in [3.05, 3.63) is 54.1 Å². The molecule has 29 heavy (non-hydrogen) atoms. The molecule has 2 aromatic rings. The molecule has 0 saturated carbocycles. The fraction of sp³-hybridized carbons (Fsp3) is 0.364. The Morgan fingerprint density at radius 3 is 2.52 bits per heavy atom. The maximum absolute atomic E-state index is 12.2. The number of benzene rings is 2. The molecule has 0 aliphatic rings. The van der Waals surface area contributed by atoms with Gasteiger partial charge in [-0.25, -0.2) is 0 Å². The molecule has 0 saturated heterocycles. The van der Waals surface area contributed by atoms with E-state index in [0.29, 0.717) is 30.1 Å². The van der Waals surface area contributed by atoms with Gasteiger partial charge in [0.05, 0.1) is 19.3 Å². The van der Waals surface area contributed by atoms with Crippen LogP contribution >= 0.6 is 0 Å². The minimum Gasteiger partial charge on any atom is -0.491 e. The molecule has 156 valence electrons. The molecule has 0 aliphatic carbocycles. The summed E-state index contributed by atoms with van der Waals surface area (Å²) in [5.41, 5.74) is 1.90. The average molecular weight is 399 g/mol. The first-order valence-electron chi connectivity index (χ1n) is 9.69. The van der Waals surface area contributed by atoms with Crippen molar-refractivity contribution >= 4 is 23.2 Å². The minimum absolute atomic E-state index is 0.0832. The zero-order valence-corrected chi connectivity index (χ0v) is 17.2. The van der Waals surface area contributed by atoms with Crippen LogP contribution in [-0.2, 0) is 9.53 Å². The van der Waals surface area contributed by atoms with Gasteiger partial charge in [0.2, 0.25) is 5.91 Å². The topological polar surface area (TPSA) is 88.7 Å².